The second kappa shape index (κ2) is 9.28. The summed E-state index contributed by atoms with van der Waals surface area (Å²) in [6, 6.07) is 40.3. The molecular weight excluding hydrogens is 476 g/mol. The average molecular weight is 505 g/mol. The lowest BCUT2D eigenvalue weighted by molar-refractivity contribution is 1.16. The lowest BCUT2D eigenvalue weighted by atomic mass is 9.88. The van der Waals surface area contributed by atoms with E-state index in [1.807, 2.05) is 11.3 Å². The first-order valence-electron chi connectivity index (χ1n) is 13.4. The van der Waals surface area contributed by atoms with Gasteiger partial charge < -0.3 is 0 Å². The number of rotatable bonds is 4. The first kappa shape index (κ1) is 23.0. The zero-order chi connectivity index (χ0) is 25.6. The minimum absolute atomic E-state index is 1.01. The summed E-state index contributed by atoms with van der Waals surface area (Å²) in [5.41, 5.74) is 7.85. The van der Waals surface area contributed by atoms with Crippen molar-refractivity contribution in [3.8, 4) is 22.3 Å². The van der Waals surface area contributed by atoms with Gasteiger partial charge in [0.05, 0.1) is 0 Å². The molecule has 6 aromatic carbocycles. The third-order valence-corrected chi connectivity index (χ3v) is 9.00. The van der Waals surface area contributed by atoms with Crippen molar-refractivity contribution in [1.82, 2.24) is 0 Å². The molecule has 0 aliphatic heterocycles. The van der Waals surface area contributed by atoms with Crippen LogP contribution in [0.15, 0.2) is 115 Å². The van der Waals surface area contributed by atoms with Crippen molar-refractivity contribution in [3.63, 3.8) is 0 Å². The van der Waals surface area contributed by atoms with Gasteiger partial charge in [-0.2, -0.15) is 0 Å². The molecule has 0 N–H and O–H groups in total. The van der Waals surface area contributed by atoms with Gasteiger partial charge in [0, 0.05) is 20.2 Å². The monoisotopic (exact) mass is 504 g/mol. The number of benzene rings is 6. The van der Waals surface area contributed by atoms with Gasteiger partial charge in [-0.15, -0.1) is 11.3 Å². The van der Waals surface area contributed by atoms with Crippen LogP contribution in [-0.2, 0) is 6.42 Å². The fraction of sp³-hybridized carbons (Fsp3) is 0.0811. The molecule has 7 rings (SSSR count). The molecular formula is C37H28S. The normalized spacial score (nSPS) is 11.9. The van der Waals surface area contributed by atoms with E-state index in [0.29, 0.717) is 0 Å². The summed E-state index contributed by atoms with van der Waals surface area (Å²) in [5, 5.41) is 8.03. The first-order chi connectivity index (χ1) is 18.8. The fourth-order valence-electron chi connectivity index (χ4n) is 6.05. The number of aryl methyl sites for hydroxylation is 1. The van der Waals surface area contributed by atoms with Crippen molar-refractivity contribution >= 4 is 59.1 Å². The maximum atomic E-state index is 2.40. The number of hydrogen-bond donors (Lipinski definition) is 0. The Hall–Kier alpha value is -4.20. The van der Waals surface area contributed by atoms with Crippen molar-refractivity contribution in [2.45, 2.75) is 20.3 Å². The van der Waals surface area contributed by atoms with Crippen LogP contribution in [0.2, 0.25) is 0 Å². The van der Waals surface area contributed by atoms with E-state index < -0.39 is 0 Å². The summed E-state index contributed by atoms with van der Waals surface area (Å²) in [5.74, 6) is 0. The number of allylic oxidation sites excluding steroid dienone is 1. The lowest BCUT2D eigenvalue weighted by Crippen LogP contribution is -1.93. The zero-order valence-electron chi connectivity index (χ0n) is 21.7. The highest BCUT2D eigenvalue weighted by Crippen LogP contribution is 2.41. The molecule has 1 heterocycles. The summed E-state index contributed by atoms with van der Waals surface area (Å²) < 4.78 is 2.70. The number of thiophene rings is 1. The van der Waals surface area contributed by atoms with Crippen LogP contribution in [0.5, 0.6) is 0 Å². The zero-order valence-corrected chi connectivity index (χ0v) is 22.5. The van der Waals surface area contributed by atoms with E-state index in [1.165, 1.54) is 75.1 Å². The SMILES string of the molecule is C/C=C\c1c(CC)c2ccccc2c2ccc(-c3cccc(-c4cccc5c4sc4ccccc45)c3)cc12. The Labute approximate surface area is 227 Å². The van der Waals surface area contributed by atoms with E-state index in [1.54, 1.807) is 0 Å². The summed E-state index contributed by atoms with van der Waals surface area (Å²) in [7, 11) is 0. The predicted octanol–water partition coefficient (Wildman–Crippen LogP) is 11.3. The minimum atomic E-state index is 1.01. The molecule has 1 heteroatoms. The molecule has 1 aromatic heterocycles. The van der Waals surface area contributed by atoms with E-state index in [4.69, 9.17) is 0 Å². The topological polar surface area (TPSA) is 0 Å². The molecule has 0 unspecified atom stereocenters. The van der Waals surface area contributed by atoms with Crippen LogP contribution in [0.25, 0.3) is 70.0 Å². The molecule has 0 aliphatic rings. The van der Waals surface area contributed by atoms with Crippen molar-refractivity contribution < 1.29 is 0 Å². The van der Waals surface area contributed by atoms with Crippen molar-refractivity contribution in [1.29, 1.82) is 0 Å². The van der Waals surface area contributed by atoms with Gasteiger partial charge in [-0.25, -0.2) is 0 Å². The maximum absolute atomic E-state index is 2.40. The summed E-state index contributed by atoms with van der Waals surface area (Å²) in [6.45, 7) is 4.38. The number of fused-ring (bicyclic) bond motifs is 6. The van der Waals surface area contributed by atoms with Crippen molar-refractivity contribution in [2.24, 2.45) is 0 Å². The largest absolute Gasteiger partial charge is 0.135 e. The Balaban J connectivity index is 1.43. The molecule has 0 fully saturated rings. The van der Waals surface area contributed by atoms with Gasteiger partial charge in [-0.05, 0) is 86.5 Å². The predicted molar refractivity (Wildman–Crippen MR) is 169 cm³/mol. The smallest absolute Gasteiger partial charge is 0.0433 e. The second-order valence-electron chi connectivity index (χ2n) is 9.91. The molecule has 0 aliphatic carbocycles. The molecule has 7 aromatic rings. The average Bonchev–Trinajstić information content (AvgIpc) is 3.36. The van der Waals surface area contributed by atoms with Gasteiger partial charge in [0.1, 0.15) is 0 Å². The van der Waals surface area contributed by atoms with Crippen LogP contribution >= 0.6 is 11.3 Å². The molecule has 0 saturated heterocycles. The van der Waals surface area contributed by atoms with E-state index in [-0.39, 0.29) is 0 Å². The Morgan fingerprint density at radius 2 is 1.26 bits per heavy atom. The van der Waals surface area contributed by atoms with E-state index in [2.05, 4.69) is 135 Å². The first-order valence-corrected chi connectivity index (χ1v) is 14.2. The maximum Gasteiger partial charge on any atom is 0.0433 e. The Bertz CT molecular complexity index is 2020. The van der Waals surface area contributed by atoms with Crippen LogP contribution in [0.4, 0.5) is 0 Å². The van der Waals surface area contributed by atoms with Crippen molar-refractivity contribution in [2.75, 3.05) is 0 Å². The fourth-order valence-corrected chi connectivity index (χ4v) is 7.29. The third kappa shape index (κ3) is 3.58. The van der Waals surface area contributed by atoms with Crippen LogP contribution < -0.4 is 0 Å². The molecule has 0 spiro atoms. The van der Waals surface area contributed by atoms with E-state index in [9.17, 15) is 0 Å². The van der Waals surface area contributed by atoms with Gasteiger partial charge >= 0.3 is 0 Å². The highest BCUT2D eigenvalue weighted by molar-refractivity contribution is 7.26. The highest BCUT2D eigenvalue weighted by Gasteiger charge is 2.14. The molecule has 0 amide bonds. The minimum Gasteiger partial charge on any atom is -0.135 e. The molecule has 0 saturated carbocycles. The van der Waals surface area contributed by atoms with Gasteiger partial charge in [0.2, 0.25) is 0 Å². The van der Waals surface area contributed by atoms with E-state index >= 15 is 0 Å². The summed E-state index contributed by atoms with van der Waals surface area (Å²) in [4.78, 5) is 0. The number of hydrogen-bond acceptors (Lipinski definition) is 1. The van der Waals surface area contributed by atoms with Crippen LogP contribution in [0, 0.1) is 0 Å². The van der Waals surface area contributed by atoms with E-state index in [0.717, 1.165) is 6.42 Å². The Morgan fingerprint density at radius 1 is 0.579 bits per heavy atom. The molecule has 0 radical (unpaired) electrons. The van der Waals surface area contributed by atoms with Gasteiger partial charge in [-0.3, -0.25) is 0 Å². The van der Waals surface area contributed by atoms with Crippen LogP contribution in [-0.4, -0.2) is 0 Å². The summed E-state index contributed by atoms with van der Waals surface area (Å²) >= 11 is 1.89. The van der Waals surface area contributed by atoms with Gasteiger partial charge in [-0.1, -0.05) is 110 Å². The van der Waals surface area contributed by atoms with Gasteiger partial charge in [0.15, 0.2) is 0 Å². The molecule has 0 atom stereocenters. The standard InChI is InChI=1S/C37H28S/c1-3-11-29-27(4-2)30-14-5-6-15-31(30)32-21-20-25(23-35(29)32)24-12-9-13-26(22-24)28-17-10-18-34-33-16-7-8-19-36(33)38-37(28)34/h3,5-23H,4H2,1-2H3/b11-3-. The Morgan fingerprint density at radius 3 is 2.11 bits per heavy atom. The molecule has 38 heavy (non-hydrogen) atoms. The second-order valence-corrected chi connectivity index (χ2v) is 11.0. The lowest BCUT2D eigenvalue weighted by Gasteiger charge is -2.16. The van der Waals surface area contributed by atoms with Crippen molar-refractivity contribution in [3.05, 3.63) is 126 Å². The van der Waals surface area contributed by atoms with Crippen LogP contribution in [0.3, 0.4) is 0 Å². The quantitative estimate of drug-likeness (QED) is 0.209. The third-order valence-electron chi connectivity index (χ3n) is 7.78. The molecule has 0 bridgehead atoms. The highest BCUT2D eigenvalue weighted by atomic mass is 32.1. The summed E-state index contributed by atoms with van der Waals surface area (Å²) in [6.07, 6.45) is 5.46. The molecule has 0 nitrogen and oxygen atoms in total. The Kier molecular flexibility index (Phi) is 5.60. The molecule has 182 valence electrons. The van der Waals surface area contributed by atoms with Crippen LogP contribution in [0.1, 0.15) is 25.0 Å². The van der Waals surface area contributed by atoms with Gasteiger partial charge in [0.25, 0.3) is 0 Å².